The summed E-state index contributed by atoms with van der Waals surface area (Å²) in [5.74, 6) is -0.0284. The first kappa shape index (κ1) is 19.3. The van der Waals surface area contributed by atoms with Gasteiger partial charge in [-0.3, -0.25) is 0 Å². The van der Waals surface area contributed by atoms with E-state index in [0.29, 0.717) is 31.7 Å². The van der Waals surface area contributed by atoms with Crippen LogP contribution in [0.1, 0.15) is 6.42 Å². The number of carbonyl (C=O) groups excluding carboxylic acids is 1. The minimum atomic E-state index is -0.462. The minimum absolute atomic E-state index is 0.168. The highest BCUT2D eigenvalue weighted by atomic mass is 19.1. The number of nitrogens with zero attached hydrogens (tertiary/aromatic N) is 4. The Bertz CT molecular complexity index is 1270. The van der Waals surface area contributed by atoms with Crippen LogP contribution in [0.15, 0.2) is 60.8 Å². The molecule has 0 spiro atoms. The molecular weight excluding hydrogens is 400 g/mol. The number of rotatable bonds is 2. The molecule has 158 valence electrons. The van der Waals surface area contributed by atoms with Gasteiger partial charge in [0.25, 0.3) is 0 Å². The van der Waals surface area contributed by atoms with Crippen LogP contribution in [-0.2, 0) is 0 Å². The second-order valence-electron chi connectivity index (χ2n) is 7.57. The first-order chi connectivity index (χ1) is 15.1. The zero-order valence-corrected chi connectivity index (χ0v) is 16.8. The van der Waals surface area contributed by atoms with Gasteiger partial charge in [0.05, 0.1) is 22.2 Å². The molecule has 5 rings (SSSR count). The third kappa shape index (κ3) is 3.65. The fourth-order valence-corrected chi connectivity index (χ4v) is 4.06. The van der Waals surface area contributed by atoms with E-state index < -0.39 is 5.82 Å². The Balaban J connectivity index is 1.39. The molecule has 2 amide bonds. The zero-order valence-electron chi connectivity index (χ0n) is 16.8. The van der Waals surface area contributed by atoms with Crippen LogP contribution in [0.25, 0.3) is 16.6 Å². The second kappa shape index (κ2) is 7.86. The van der Waals surface area contributed by atoms with E-state index in [-0.39, 0.29) is 17.5 Å². The summed E-state index contributed by atoms with van der Waals surface area (Å²) >= 11 is 0. The van der Waals surface area contributed by atoms with Gasteiger partial charge in [-0.25, -0.2) is 18.6 Å². The number of fused-ring (bicyclic) bond motifs is 3. The summed E-state index contributed by atoms with van der Waals surface area (Å²) in [5.41, 5.74) is 2.52. The van der Waals surface area contributed by atoms with Crippen LogP contribution in [0.2, 0.25) is 0 Å². The fourth-order valence-electron chi connectivity index (χ4n) is 4.06. The number of benzene rings is 2. The summed E-state index contributed by atoms with van der Waals surface area (Å²) in [5, 5.41) is 2.65. The summed E-state index contributed by atoms with van der Waals surface area (Å²) in [6.07, 6.45) is 2.67. The quantitative estimate of drug-likeness (QED) is 0.518. The largest absolute Gasteiger partial charge is 0.353 e. The average Bonchev–Trinajstić information content (AvgIpc) is 3.12. The predicted octanol–water partition coefficient (Wildman–Crippen LogP) is 4.51. The molecule has 0 aliphatic carbocycles. The van der Waals surface area contributed by atoms with Crippen molar-refractivity contribution in [1.82, 2.24) is 14.3 Å². The summed E-state index contributed by atoms with van der Waals surface area (Å²) in [6.45, 7) is 2.30. The van der Waals surface area contributed by atoms with Gasteiger partial charge in [-0.1, -0.05) is 12.1 Å². The van der Waals surface area contributed by atoms with Crippen LogP contribution in [0.3, 0.4) is 0 Å². The predicted molar refractivity (Wildman–Crippen MR) is 116 cm³/mol. The van der Waals surface area contributed by atoms with E-state index in [1.54, 1.807) is 29.2 Å². The Kier molecular flexibility index (Phi) is 4.89. The maximum Gasteiger partial charge on any atom is 0.321 e. The van der Waals surface area contributed by atoms with Crippen molar-refractivity contribution in [2.75, 3.05) is 36.4 Å². The standard InChI is InChI=1S/C23H21F2N5O/c24-16-8-9-20-19(15-16)26-22(21-7-3-12-30(20)21)28-10-4-11-29(14-13-28)23(31)27-18-6-2-1-5-17(18)25/h1-3,5-9,12,15H,4,10-11,13-14H2,(H,27,31). The number of anilines is 2. The molecule has 6 nitrogen and oxygen atoms in total. The second-order valence-corrected chi connectivity index (χ2v) is 7.57. The first-order valence-corrected chi connectivity index (χ1v) is 10.2. The number of hydrogen-bond donors (Lipinski definition) is 1. The summed E-state index contributed by atoms with van der Waals surface area (Å²) in [6, 6.07) is 14.3. The van der Waals surface area contributed by atoms with Crippen LogP contribution in [0.5, 0.6) is 0 Å². The molecule has 0 unspecified atom stereocenters. The van der Waals surface area contributed by atoms with E-state index in [1.165, 1.54) is 18.2 Å². The molecule has 4 aromatic rings. The van der Waals surface area contributed by atoms with Crippen LogP contribution in [-0.4, -0.2) is 46.5 Å². The Hall–Kier alpha value is -3.68. The number of para-hydroxylation sites is 1. The first-order valence-electron chi connectivity index (χ1n) is 10.2. The molecule has 0 radical (unpaired) electrons. The van der Waals surface area contributed by atoms with Crippen molar-refractivity contribution >= 4 is 34.1 Å². The lowest BCUT2D eigenvalue weighted by molar-refractivity contribution is 0.215. The van der Waals surface area contributed by atoms with E-state index in [1.807, 2.05) is 22.7 Å². The summed E-state index contributed by atoms with van der Waals surface area (Å²) in [7, 11) is 0. The van der Waals surface area contributed by atoms with Crippen molar-refractivity contribution in [3.63, 3.8) is 0 Å². The van der Waals surface area contributed by atoms with Crippen LogP contribution >= 0.6 is 0 Å². The highest BCUT2D eigenvalue weighted by Gasteiger charge is 2.22. The molecule has 1 aliphatic rings. The number of hydrogen-bond acceptors (Lipinski definition) is 3. The van der Waals surface area contributed by atoms with Gasteiger partial charge in [-0.2, -0.15) is 0 Å². The molecular formula is C23H21F2N5O. The van der Waals surface area contributed by atoms with Crippen molar-refractivity contribution in [2.24, 2.45) is 0 Å². The van der Waals surface area contributed by atoms with E-state index in [9.17, 15) is 13.6 Å². The van der Waals surface area contributed by atoms with Gasteiger partial charge in [0, 0.05) is 38.4 Å². The number of aromatic nitrogens is 2. The van der Waals surface area contributed by atoms with Crippen molar-refractivity contribution in [1.29, 1.82) is 0 Å². The molecule has 2 aromatic carbocycles. The molecule has 0 bridgehead atoms. The summed E-state index contributed by atoms with van der Waals surface area (Å²) in [4.78, 5) is 21.2. The van der Waals surface area contributed by atoms with Crippen LogP contribution in [0, 0.1) is 11.6 Å². The Labute approximate surface area is 177 Å². The van der Waals surface area contributed by atoms with Crippen molar-refractivity contribution in [3.8, 4) is 0 Å². The van der Waals surface area contributed by atoms with Gasteiger partial charge in [0.15, 0.2) is 5.82 Å². The van der Waals surface area contributed by atoms with Gasteiger partial charge in [0.1, 0.15) is 11.6 Å². The minimum Gasteiger partial charge on any atom is -0.353 e. The van der Waals surface area contributed by atoms with Crippen LogP contribution < -0.4 is 10.2 Å². The number of carbonyl (C=O) groups is 1. The molecule has 0 saturated carbocycles. The Morgan fingerprint density at radius 3 is 2.68 bits per heavy atom. The molecule has 1 N–H and O–H groups in total. The monoisotopic (exact) mass is 421 g/mol. The zero-order chi connectivity index (χ0) is 21.4. The van der Waals surface area contributed by atoms with Gasteiger partial charge >= 0.3 is 6.03 Å². The van der Waals surface area contributed by atoms with Gasteiger partial charge in [0.2, 0.25) is 0 Å². The van der Waals surface area contributed by atoms with Gasteiger partial charge in [-0.15, -0.1) is 0 Å². The van der Waals surface area contributed by atoms with Crippen molar-refractivity contribution in [2.45, 2.75) is 6.42 Å². The average molecular weight is 421 g/mol. The highest BCUT2D eigenvalue weighted by Crippen LogP contribution is 2.27. The molecule has 0 atom stereocenters. The Morgan fingerprint density at radius 2 is 1.81 bits per heavy atom. The maximum absolute atomic E-state index is 13.9. The van der Waals surface area contributed by atoms with Crippen molar-refractivity contribution in [3.05, 3.63) is 72.4 Å². The van der Waals surface area contributed by atoms with Gasteiger partial charge < -0.3 is 19.5 Å². The van der Waals surface area contributed by atoms with E-state index >= 15 is 0 Å². The van der Waals surface area contributed by atoms with E-state index in [4.69, 9.17) is 4.98 Å². The maximum atomic E-state index is 13.9. The Morgan fingerprint density at radius 1 is 0.935 bits per heavy atom. The van der Waals surface area contributed by atoms with Crippen molar-refractivity contribution < 1.29 is 13.6 Å². The lowest BCUT2D eigenvalue weighted by atomic mass is 10.2. The highest BCUT2D eigenvalue weighted by molar-refractivity contribution is 5.89. The van der Waals surface area contributed by atoms with E-state index in [0.717, 1.165) is 23.3 Å². The van der Waals surface area contributed by atoms with Crippen LogP contribution in [0.4, 0.5) is 25.1 Å². The molecule has 1 saturated heterocycles. The molecule has 1 aliphatic heterocycles. The third-order valence-corrected chi connectivity index (χ3v) is 5.60. The SMILES string of the molecule is O=C(Nc1ccccc1F)N1CCCN(c2nc3cc(F)ccc3n3cccc23)CC1. The smallest absolute Gasteiger partial charge is 0.321 e. The molecule has 2 aromatic heterocycles. The lowest BCUT2D eigenvalue weighted by Gasteiger charge is -2.24. The number of amides is 2. The topological polar surface area (TPSA) is 52.9 Å². The fraction of sp³-hybridized carbons (Fsp3) is 0.217. The number of nitrogens with one attached hydrogen (secondary N) is 1. The number of halogens is 2. The normalized spacial score (nSPS) is 14.8. The number of urea groups is 1. The molecule has 1 fully saturated rings. The molecule has 3 heterocycles. The lowest BCUT2D eigenvalue weighted by Crippen LogP contribution is -2.38. The third-order valence-electron chi connectivity index (χ3n) is 5.60. The molecule has 8 heteroatoms. The molecule has 31 heavy (non-hydrogen) atoms. The van der Waals surface area contributed by atoms with E-state index in [2.05, 4.69) is 10.2 Å². The summed E-state index contributed by atoms with van der Waals surface area (Å²) < 4.78 is 29.7. The van der Waals surface area contributed by atoms with Gasteiger partial charge in [-0.05, 0) is 42.8 Å².